The highest BCUT2D eigenvalue weighted by atomic mass is 16.2. The van der Waals surface area contributed by atoms with E-state index >= 15 is 0 Å². The number of carbonyl (C=O) groups excluding carboxylic acids is 2. The topological polar surface area (TPSA) is 81.3 Å². The molecule has 1 aromatic rings. The second kappa shape index (κ2) is 8.09. The van der Waals surface area contributed by atoms with Gasteiger partial charge in [-0.3, -0.25) is 19.6 Å². The Kier molecular flexibility index (Phi) is 5.33. The smallest absolute Gasteiger partial charge is 0.223 e. The SMILES string of the molecule is O=C(NC[C@H]1[C@H]2C[C@H](CN(Cc3ccn[nH]3)C2)[C@@H]2CCCC(=O)N21)C1CCCC1. The van der Waals surface area contributed by atoms with E-state index in [1.165, 1.54) is 19.3 Å². The Morgan fingerprint density at radius 2 is 2.00 bits per heavy atom. The van der Waals surface area contributed by atoms with Crippen LogP contribution in [0.25, 0.3) is 0 Å². The Balaban J connectivity index is 1.31. The van der Waals surface area contributed by atoms with Gasteiger partial charge in [-0.05, 0) is 50.0 Å². The average molecular weight is 400 g/mol. The Bertz CT molecular complexity index is 730. The lowest BCUT2D eigenvalue weighted by atomic mass is 9.72. The monoisotopic (exact) mass is 399 g/mol. The van der Waals surface area contributed by atoms with Gasteiger partial charge in [0.15, 0.2) is 0 Å². The number of carbonyl (C=O) groups is 2. The van der Waals surface area contributed by atoms with Crippen molar-refractivity contribution in [1.29, 1.82) is 0 Å². The first-order valence-electron chi connectivity index (χ1n) is 11.5. The van der Waals surface area contributed by atoms with E-state index < -0.39 is 0 Å². The van der Waals surface area contributed by atoms with E-state index in [0.29, 0.717) is 36.8 Å². The number of piperidine rings is 3. The molecule has 0 unspecified atom stereocenters. The molecule has 1 aromatic heterocycles. The molecule has 2 amide bonds. The van der Waals surface area contributed by atoms with E-state index in [2.05, 4.69) is 25.3 Å². The maximum Gasteiger partial charge on any atom is 0.223 e. The molecule has 158 valence electrons. The molecule has 29 heavy (non-hydrogen) atoms. The predicted molar refractivity (Wildman–Crippen MR) is 109 cm³/mol. The van der Waals surface area contributed by atoms with E-state index in [-0.39, 0.29) is 17.9 Å². The van der Waals surface area contributed by atoms with Crippen LogP contribution in [0, 0.1) is 17.8 Å². The van der Waals surface area contributed by atoms with E-state index in [4.69, 9.17) is 0 Å². The molecule has 4 aliphatic rings. The number of rotatable bonds is 5. The fourth-order valence-corrected chi connectivity index (χ4v) is 6.41. The van der Waals surface area contributed by atoms with Crippen LogP contribution in [0.1, 0.15) is 57.1 Å². The number of likely N-dealkylation sites (tertiary alicyclic amines) is 1. The number of aromatic nitrogens is 2. The van der Waals surface area contributed by atoms with Crippen LogP contribution in [-0.4, -0.2) is 63.5 Å². The Labute approximate surface area is 172 Å². The highest BCUT2D eigenvalue weighted by Crippen LogP contribution is 2.41. The highest BCUT2D eigenvalue weighted by molar-refractivity contribution is 5.80. The van der Waals surface area contributed by atoms with Crippen molar-refractivity contribution in [3.63, 3.8) is 0 Å². The number of hydrogen-bond acceptors (Lipinski definition) is 4. The van der Waals surface area contributed by atoms with Gasteiger partial charge in [-0.2, -0.15) is 5.10 Å². The van der Waals surface area contributed by atoms with Gasteiger partial charge >= 0.3 is 0 Å². The normalized spacial score (nSPS) is 33.0. The van der Waals surface area contributed by atoms with Gasteiger partial charge in [-0.15, -0.1) is 0 Å². The summed E-state index contributed by atoms with van der Waals surface area (Å²) in [6.45, 7) is 3.53. The third-order valence-corrected chi connectivity index (χ3v) is 7.74. The van der Waals surface area contributed by atoms with Gasteiger partial charge in [0.25, 0.3) is 0 Å². The average Bonchev–Trinajstić information content (AvgIpc) is 3.42. The minimum atomic E-state index is 0.138. The number of hydrogen-bond donors (Lipinski definition) is 2. The summed E-state index contributed by atoms with van der Waals surface area (Å²) in [6.07, 6.45) is 10.1. The molecule has 2 bridgehead atoms. The standard InChI is InChI=1S/C22H33N5O2/c28-21-7-3-6-19-16-10-17(13-26(12-16)14-18-8-9-24-25-18)20(27(19)21)11-23-22(29)15-4-1-2-5-15/h8-9,15-17,19-20H,1-7,10-14H2,(H,23,29)(H,24,25)/t16-,17+,19+,20+/m1/s1. The minimum Gasteiger partial charge on any atom is -0.354 e. The third-order valence-electron chi connectivity index (χ3n) is 7.74. The number of amides is 2. The number of fused-ring (bicyclic) bond motifs is 4. The first-order chi connectivity index (χ1) is 14.2. The summed E-state index contributed by atoms with van der Waals surface area (Å²) in [6, 6.07) is 2.52. The molecule has 4 heterocycles. The molecule has 2 N–H and O–H groups in total. The molecular formula is C22H33N5O2. The van der Waals surface area contributed by atoms with Gasteiger partial charge in [0.2, 0.25) is 11.8 Å². The summed E-state index contributed by atoms with van der Waals surface area (Å²) < 4.78 is 0. The Morgan fingerprint density at radius 3 is 2.79 bits per heavy atom. The van der Waals surface area contributed by atoms with Gasteiger partial charge in [0, 0.05) is 56.5 Å². The van der Waals surface area contributed by atoms with Crippen molar-refractivity contribution in [3.05, 3.63) is 18.0 Å². The molecule has 4 atom stereocenters. The quantitative estimate of drug-likeness (QED) is 0.793. The summed E-state index contributed by atoms with van der Waals surface area (Å²) >= 11 is 0. The summed E-state index contributed by atoms with van der Waals surface area (Å²) in [7, 11) is 0. The summed E-state index contributed by atoms with van der Waals surface area (Å²) in [4.78, 5) is 30.3. The van der Waals surface area contributed by atoms with Crippen molar-refractivity contribution in [3.8, 4) is 0 Å². The van der Waals surface area contributed by atoms with E-state index in [9.17, 15) is 9.59 Å². The van der Waals surface area contributed by atoms with E-state index in [0.717, 1.165) is 51.0 Å². The van der Waals surface area contributed by atoms with Gasteiger partial charge < -0.3 is 10.2 Å². The fourth-order valence-electron chi connectivity index (χ4n) is 6.41. The van der Waals surface area contributed by atoms with Gasteiger partial charge in [-0.25, -0.2) is 0 Å². The second-order valence-electron chi connectivity index (χ2n) is 9.59. The van der Waals surface area contributed by atoms with Gasteiger partial charge in [0.05, 0.1) is 6.04 Å². The van der Waals surface area contributed by atoms with Crippen LogP contribution in [0.2, 0.25) is 0 Å². The Hall–Kier alpha value is -1.89. The first kappa shape index (κ1) is 19.1. The van der Waals surface area contributed by atoms with Crippen LogP contribution >= 0.6 is 0 Å². The van der Waals surface area contributed by atoms with Gasteiger partial charge in [0.1, 0.15) is 0 Å². The maximum atomic E-state index is 12.9. The molecule has 4 fully saturated rings. The lowest BCUT2D eigenvalue weighted by Crippen LogP contribution is -2.67. The van der Waals surface area contributed by atoms with E-state index in [1.807, 2.05) is 12.3 Å². The molecule has 1 aliphatic carbocycles. The van der Waals surface area contributed by atoms with Crippen LogP contribution in [-0.2, 0) is 16.1 Å². The molecule has 0 aromatic carbocycles. The van der Waals surface area contributed by atoms with Gasteiger partial charge in [-0.1, -0.05) is 12.8 Å². The predicted octanol–water partition coefficient (Wildman–Crippen LogP) is 1.92. The molecular weight excluding hydrogens is 366 g/mol. The zero-order valence-corrected chi connectivity index (χ0v) is 17.2. The van der Waals surface area contributed by atoms with Crippen molar-refractivity contribution >= 4 is 11.8 Å². The van der Waals surface area contributed by atoms with E-state index in [1.54, 1.807) is 0 Å². The third kappa shape index (κ3) is 3.81. The number of nitrogens with one attached hydrogen (secondary N) is 2. The van der Waals surface area contributed by atoms with Crippen molar-refractivity contribution in [1.82, 2.24) is 25.3 Å². The van der Waals surface area contributed by atoms with Crippen LogP contribution in [0.15, 0.2) is 12.3 Å². The van der Waals surface area contributed by atoms with Crippen LogP contribution in [0.3, 0.4) is 0 Å². The van der Waals surface area contributed by atoms with Crippen molar-refractivity contribution in [2.45, 2.75) is 70.0 Å². The summed E-state index contributed by atoms with van der Waals surface area (Å²) in [5, 5.41) is 10.4. The molecule has 7 nitrogen and oxygen atoms in total. The Morgan fingerprint density at radius 1 is 1.17 bits per heavy atom. The molecule has 5 rings (SSSR count). The highest BCUT2D eigenvalue weighted by Gasteiger charge is 2.49. The lowest BCUT2D eigenvalue weighted by Gasteiger charge is -2.56. The molecule has 3 saturated heterocycles. The zero-order chi connectivity index (χ0) is 19.8. The summed E-state index contributed by atoms with van der Waals surface area (Å²) in [5.74, 6) is 1.66. The lowest BCUT2D eigenvalue weighted by molar-refractivity contribution is -0.153. The summed E-state index contributed by atoms with van der Waals surface area (Å²) in [5.41, 5.74) is 1.15. The molecule has 7 heteroatoms. The van der Waals surface area contributed by atoms with Crippen molar-refractivity contribution in [2.24, 2.45) is 17.8 Å². The maximum absolute atomic E-state index is 12.9. The van der Waals surface area contributed by atoms with Crippen molar-refractivity contribution < 1.29 is 9.59 Å². The fraction of sp³-hybridized carbons (Fsp3) is 0.773. The van der Waals surface area contributed by atoms with Crippen LogP contribution in [0.5, 0.6) is 0 Å². The van der Waals surface area contributed by atoms with Crippen LogP contribution in [0.4, 0.5) is 0 Å². The number of H-pyrrole nitrogens is 1. The second-order valence-corrected chi connectivity index (χ2v) is 9.59. The number of nitrogens with zero attached hydrogens (tertiary/aromatic N) is 3. The molecule has 0 spiro atoms. The minimum absolute atomic E-state index is 0.138. The largest absolute Gasteiger partial charge is 0.354 e. The number of aromatic amines is 1. The molecule has 0 radical (unpaired) electrons. The van der Waals surface area contributed by atoms with Crippen LogP contribution < -0.4 is 5.32 Å². The van der Waals surface area contributed by atoms with Crippen molar-refractivity contribution in [2.75, 3.05) is 19.6 Å². The molecule has 3 aliphatic heterocycles. The first-order valence-corrected chi connectivity index (χ1v) is 11.5. The zero-order valence-electron chi connectivity index (χ0n) is 17.2. The molecule has 1 saturated carbocycles.